The number of nitrogens with zero attached hydrogens (tertiary/aromatic N) is 1. The maximum Gasteiger partial charge on any atom is 0.335 e. The molecule has 4 amide bonds. The first-order valence-corrected chi connectivity index (χ1v) is 7.73. The molecule has 3 rings (SSSR count). The third-order valence-corrected chi connectivity index (χ3v) is 3.78. The van der Waals surface area contributed by atoms with Gasteiger partial charge in [0.2, 0.25) is 0 Å². The van der Waals surface area contributed by atoms with Crippen LogP contribution in [-0.2, 0) is 9.59 Å². The number of imide groups is 2. The van der Waals surface area contributed by atoms with Gasteiger partial charge in [-0.25, -0.2) is 9.69 Å². The number of furan rings is 1. The first-order valence-electron chi connectivity index (χ1n) is 6.93. The molecule has 0 spiro atoms. The van der Waals surface area contributed by atoms with Gasteiger partial charge in [-0.1, -0.05) is 22.0 Å². The van der Waals surface area contributed by atoms with Crippen molar-refractivity contribution in [3.63, 3.8) is 0 Å². The average Bonchev–Trinajstić information content (AvgIpc) is 3.05. The van der Waals surface area contributed by atoms with E-state index in [2.05, 4.69) is 21.2 Å². The Kier molecular flexibility index (Phi) is 4.43. The Morgan fingerprint density at radius 1 is 1.08 bits per heavy atom. The molecule has 0 saturated carbocycles. The molecule has 6 nitrogen and oxygen atoms in total. The minimum atomic E-state index is -0.778. The van der Waals surface area contributed by atoms with E-state index in [-0.39, 0.29) is 5.57 Å². The topological polar surface area (TPSA) is 79.6 Å². The first-order chi connectivity index (χ1) is 11.6. The van der Waals surface area contributed by atoms with Crippen LogP contribution in [0.25, 0.3) is 6.08 Å². The predicted molar refractivity (Wildman–Crippen MR) is 91.0 cm³/mol. The van der Waals surface area contributed by atoms with Gasteiger partial charge in [-0.15, -0.1) is 0 Å². The third kappa shape index (κ3) is 3.21. The van der Waals surface area contributed by atoms with Crippen LogP contribution in [-0.4, -0.2) is 17.8 Å². The number of allylic oxidation sites excluding steroid dienone is 2. The summed E-state index contributed by atoms with van der Waals surface area (Å²) < 4.78 is 5.93. The number of carbonyl (C=O) groups excluding carboxylic acids is 3. The fourth-order valence-electron chi connectivity index (χ4n) is 2.13. The molecule has 0 atom stereocenters. The number of amides is 4. The van der Waals surface area contributed by atoms with Crippen molar-refractivity contribution in [1.29, 1.82) is 0 Å². The summed E-state index contributed by atoms with van der Waals surface area (Å²) in [5.74, 6) is -0.839. The number of hydrogen-bond donors (Lipinski definition) is 1. The number of barbiturate groups is 1. The van der Waals surface area contributed by atoms with Crippen molar-refractivity contribution < 1.29 is 18.8 Å². The van der Waals surface area contributed by atoms with Crippen LogP contribution in [0.1, 0.15) is 5.76 Å². The maximum absolute atomic E-state index is 12.5. The van der Waals surface area contributed by atoms with Crippen molar-refractivity contribution in [3.05, 3.63) is 70.6 Å². The van der Waals surface area contributed by atoms with Crippen LogP contribution < -0.4 is 10.2 Å². The largest absolute Gasteiger partial charge is 0.465 e. The highest BCUT2D eigenvalue weighted by atomic mass is 79.9. The van der Waals surface area contributed by atoms with Crippen molar-refractivity contribution in [3.8, 4) is 0 Å². The Balaban J connectivity index is 1.89. The Morgan fingerprint density at radius 2 is 1.83 bits per heavy atom. The molecule has 1 aromatic carbocycles. The molecule has 1 aromatic heterocycles. The van der Waals surface area contributed by atoms with E-state index in [0.717, 1.165) is 9.37 Å². The molecule has 1 fully saturated rings. The van der Waals surface area contributed by atoms with Gasteiger partial charge in [0.25, 0.3) is 11.8 Å². The second kappa shape index (κ2) is 6.67. The molecule has 0 radical (unpaired) electrons. The number of halogens is 1. The SMILES string of the molecule is O=C1NC(=O)N(c2ccc(Br)cc2)C(=O)/C1=C/C=C/c1ccco1. The Hall–Kier alpha value is -2.93. The van der Waals surface area contributed by atoms with Crippen molar-refractivity contribution in [2.75, 3.05) is 4.90 Å². The molecular weight excluding hydrogens is 376 g/mol. The smallest absolute Gasteiger partial charge is 0.335 e. The zero-order valence-electron chi connectivity index (χ0n) is 12.2. The van der Waals surface area contributed by atoms with Crippen LogP contribution in [0.3, 0.4) is 0 Å². The van der Waals surface area contributed by atoms with Gasteiger partial charge in [-0.05, 0) is 48.6 Å². The molecule has 1 N–H and O–H groups in total. The number of anilines is 1. The number of benzene rings is 1. The maximum atomic E-state index is 12.5. The van der Waals surface area contributed by atoms with E-state index < -0.39 is 17.8 Å². The van der Waals surface area contributed by atoms with Gasteiger partial charge in [0.15, 0.2) is 0 Å². The van der Waals surface area contributed by atoms with E-state index in [0.29, 0.717) is 11.4 Å². The zero-order valence-corrected chi connectivity index (χ0v) is 13.8. The van der Waals surface area contributed by atoms with Gasteiger partial charge in [-0.3, -0.25) is 14.9 Å². The van der Waals surface area contributed by atoms with E-state index in [1.165, 1.54) is 18.4 Å². The van der Waals surface area contributed by atoms with Gasteiger partial charge >= 0.3 is 6.03 Å². The van der Waals surface area contributed by atoms with Gasteiger partial charge < -0.3 is 4.42 Å². The lowest BCUT2D eigenvalue weighted by Crippen LogP contribution is -2.54. The molecule has 1 aliphatic rings. The third-order valence-electron chi connectivity index (χ3n) is 3.25. The zero-order chi connectivity index (χ0) is 17.1. The molecule has 0 unspecified atom stereocenters. The molecule has 1 saturated heterocycles. The highest BCUT2D eigenvalue weighted by Gasteiger charge is 2.36. The van der Waals surface area contributed by atoms with Crippen LogP contribution >= 0.6 is 15.9 Å². The summed E-state index contributed by atoms with van der Waals surface area (Å²) in [6.45, 7) is 0. The van der Waals surface area contributed by atoms with Gasteiger partial charge in [0, 0.05) is 4.47 Å². The minimum absolute atomic E-state index is 0.139. The number of urea groups is 1. The molecule has 0 aliphatic carbocycles. The average molecular weight is 387 g/mol. The molecule has 24 heavy (non-hydrogen) atoms. The lowest BCUT2D eigenvalue weighted by atomic mass is 10.1. The van der Waals surface area contributed by atoms with Gasteiger partial charge in [0.1, 0.15) is 11.3 Å². The van der Waals surface area contributed by atoms with E-state index in [4.69, 9.17) is 4.42 Å². The van der Waals surface area contributed by atoms with Crippen molar-refractivity contribution in [1.82, 2.24) is 5.32 Å². The summed E-state index contributed by atoms with van der Waals surface area (Å²) in [4.78, 5) is 37.4. The Morgan fingerprint density at radius 3 is 2.50 bits per heavy atom. The molecular formula is C17H11BrN2O4. The summed E-state index contributed by atoms with van der Waals surface area (Å²) in [6, 6.07) is 9.29. The van der Waals surface area contributed by atoms with Gasteiger partial charge in [-0.2, -0.15) is 0 Å². The fraction of sp³-hybridized carbons (Fsp3) is 0. The first kappa shape index (κ1) is 15.9. The fourth-order valence-corrected chi connectivity index (χ4v) is 2.39. The van der Waals surface area contributed by atoms with Gasteiger partial charge in [0.05, 0.1) is 12.0 Å². The monoisotopic (exact) mass is 386 g/mol. The predicted octanol–water partition coefficient (Wildman–Crippen LogP) is 3.26. The lowest BCUT2D eigenvalue weighted by molar-refractivity contribution is -0.122. The highest BCUT2D eigenvalue weighted by molar-refractivity contribution is 9.10. The normalized spacial score (nSPS) is 17.0. The molecule has 120 valence electrons. The summed E-state index contributed by atoms with van der Waals surface area (Å²) in [6.07, 6.45) is 5.98. The standard InChI is InChI=1S/C17H11BrN2O4/c18-11-6-8-12(9-7-11)20-16(22)14(15(21)19-17(20)23)5-1-3-13-4-2-10-24-13/h1-10H,(H,19,21,23)/b3-1+,14-5+. The van der Waals surface area contributed by atoms with Crippen molar-refractivity contribution >= 4 is 45.5 Å². The van der Waals surface area contributed by atoms with Crippen LogP contribution in [0, 0.1) is 0 Å². The molecule has 2 aromatic rings. The highest BCUT2D eigenvalue weighted by Crippen LogP contribution is 2.22. The van der Waals surface area contributed by atoms with Crippen LogP contribution in [0.15, 0.2) is 69.3 Å². The number of nitrogens with one attached hydrogen (secondary N) is 1. The van der Waals surface area contributed by atoms with Crippen LogP contribution in [0.5, 0.6) is 0 Å². The van der Waals surface area contributed by atoms with Crippen molar-refractivity contribution in [2.45, 2.75) is 0 Å². The van der Waals surface area contributed by atoms with E-state index in [1.807, 2.05) is 0 Å². The summed E-state index contributed by atoms with van der Waals surface area (Å²) in [5.41, 5.74) is 0.231. The van der Waals surface area contributed by atoms with Crippen LogP contribution in [0.2, 0.25) is 0 Å². The minimum Gasteiger partial charge on any atom is -0.465 e. The lowest BCUT2D eigenvalue weighted by Gasteiger charge is -2.26. The van der Waals surface area contributed by atoms with Crippen molar-refractivity contribution in [2.24, 2.45) is 0 Å². The second-order valence-corrected chi connectivity index (χ2v) is 5.75. The summed E-state index contributed by atoms with van der Waals surface area (Å²) in [7, 11) is 0. The molecule has 2 heterocycles. The van der Waals surface area contributed by atoms with Crippen LogP contribution in [0.4, 0.5) is 10.5 Å². The number of rotatable bonds is 3. The number of carbonyl (C=O) groups is 3. The Labute approximate surface area is 145 Å². The molecule has 0 bridgehead atoms. The molecule has 7 heteroatoms. The number of hydrogen-bond acceptors (Lipinski definition) is 4. The van der Waals surface area contributed by atoms with E-state index in [9.17, 15) is 14.4 Å². The Bertz CT molecular complexity index is 851. The molecule has 1 aliphatic heterocycles. The quantitative estimate of drug-likeness (QED) is 0.648. The summed E-state index contributed by atoms with van der Waals surface area (Å²) >= 11 is 3.29. The second-order valence-electron chi connectivity index (χ2n) is 4.83. The summed E-state index contributed by atoms with van der Waals surface area (Å²) in [5, 5.41) is 2.16. The van der Waals surface area contributed by atoms with E-state index in [1.54, 1.807) is 42.5 Å². The van der Waals surface area contributed by atoms with E-state index >= 15 is 0 Å².